The molecule has 5 heteroatoms. The van der Waals surface area contributed by atoms with Gasteiger partial charge >= 0.3 is 0 Å². The third-order valence-corrected chi connectivity index (χ3v) is 10.7. The summed E-state index contributed by atoms with van der Waals surface area (Å²) in [6.07, 6.45) is 2.02. The van der Waals surface area contributed by atoms with Crippen molar-refractivity contribution in [3.8, 4) is 34.4 Å². The maximum absolute atomic E-state index is 9.37. The van der Waals surface area contributed by atoms with Crippen molar-refractivity contribution in [2.45, 2.75) is 0 Å². The van der Waals surface area contributed by atoms with Crippen molar-refractivity contribution in [2.75, 3.05) is 0 Å². The second-order valence-electron chi connectivity index (χ2n) is 13.6. The minimum atomic E-state index is 0.653. The Labute approximate surface area is 304 Å². The predicted octanol–water partition coefficient (Wildman–Crippen LogP) is 11.9. The SMILES string of the molecule is N#Cc1ccc(-n2c3ccccc3c3cc(-c4ccc5c(c4)c4ccccc4n5-c4cc5c6ccccc6n(-c6ccccc6)c5cn4)ccc32)cc1. The number of aromatic nitrogens is 4. The van der Waals surface area contributed by atoms with Gasteiger partial charge in [0.1, 0.15) is 5.82 Å². The Hall–Kier alpha value is -7.42. The molecule has 0 aliphatic rings. The fourth-order valence-electron chi connectivity index (χ4n) is 8.35. The second kappa shape index (κ2) is 11.3. The summed E-state index contributed by atoms with van der Waals surface area (Å²) >= 11 is 0. The molecule has 0 bridgehead atoms. The molecule has 0 N–H and O–H groups in total. The van der Waals surface area contributed by atoms with E-state index in [0.29, 0.717) is 5.56 Å². The molecule has 0 aliphatic heterocycles. The summed E-state index contributed by atoms with van der Waals surface area (Å²) in [7, 11) is 0. The lowest BCUT2D eigenvalue weighted by atomic mass is 10.0. The Morgan fingerprint density at radius 1 is 0.377 bits per heavy atom. The molecule has 0 unspecified atom stereocenters. The zero-order valence-electron chi connectivity index (χ0n) is 28.5. The van der Waals surface area contributed by atoms with Crippen molar-refractivity contribution in [1.82, 2.24) is 18.7 Å². The lowest BCUT2D eigenvalue weighted by Crippen LogP contribution is -1.98. The Morgan fingerprint density at radius 2 is 0.830 bits per heavy atom. The van der Waals surface area contributed by atoms with Gasteiger partial charge in [0.2, 0.25) is 0 Å². The molecule has 11 rings (SSSR count). The highest BCUT2D eigenvalue weighted by molar-refractivity contribution is 6.14. The smallest absolute Gasteiger partial charge is 0.138 e. The van der Waals surface area contributed by atoms with Gasteiger partial charge in [0.25, 0.3) is 0 Å². The molecule has 0 aliphatic carbocycles. The van der Waals surface area contributed by atoms with Gasteiger partial charge in [0.15, 0.2) is 0 Å². The van der Waals surface area contributed by atoms with E-state index in [1.807, 2.05) is 30.5 Å². The van der Waals surface area contributed by atoms with Crippen LogP contribution in [-0.4, -0.2) is 18.7 Å². The van der Waals surface area contributed by atoms with Crippen LogP contribution in [0.5, 0.6) is 0 Å². The lowest BCUT2D eigenvalue weighted by Gasteiger charge is -2.10. The van der Waals surface area contributed by atoms with Gasteiger partial charge in [0, 0.05) is 43.7 Å². The molecule has 0 amide bonds. The first kappa shape index (κ1) is 29.3. The van der Waals surface area contributed by atoms with Gasteiger partial charge in [0.05, 0.1) is 50.9 Å². The van der Waals surface area contributed by atoms with Gasteiger partial charge in [-0.05, 0) is 96.1 Å². The molecule has 0 saturated carbocycles. The van der Waals surface area contributed by atoms with Crippen molar-refractivity contribution >= 4 is 65.4 Å². The number of hydrogen-bond acceptors (Lipinski definition) is 2. The lowest BCUT2D eigenvalue weighted by molar-refractivity contribution is 1.08. The topological polar surface area (TPSA) is 51.5 Å². The van der Waals surface area contributed by atoms with Crippen LogP contribution < -0.4 is 0 Å². The van der Waals surface area contributed by atoms with Crippen LogP contribution in [0.1, 0.15) is 5.56 Å². The van der Waals surface area contributed by atoms with Crippen molar-refractivity contribution in [1.29, 1.82) is 5.26 Å². The van der Waals surface area contributed by atoms with Crippen LogP contribution in [0.4, 0.5) is 0 Å². The summed E-state index contributed by atoms with van der Waals surface area (Å²) < 4.78 is 6.89. The highest BCUT2D eigenvalue weighted by Crippen LogP contribution is 2.39. The summed E-state index contributed by atoms with van der Waals surface area (Å²) in [4.78, 5) is 5.14. The van der Waals surface area contributed by atoms with E-state index in [-0.39, 0.29) is 0 Å². The van der Waals surface area contributed by atoms with Crippen molar-refractivity contribution in [2.24, 2.45) is 0 Å². The van der Waals surface area contributed by atoms with Crippen LogP contribution in [0.2, 0.25) is 0 Å². The van der Waals surface area contributed by atoms with E-state index in [4.69, 9.17) is 4.98 Å². The third kappa shape index (κ3) is 4.33. The molecule has 0 atom stereocenters. The number of nitrogens with zero attached hydrogens (tertiary/aromatic N) is 5. The van der Waals surface area contributed by atoms with Crippen LogP contribution in [0.15, 0.2) is 176 Å². The van der Waals surface area contributed by atoms with E-state index in [2.05, 4.69) is 165 Å². The van der Waals surface area contributed by atoms with Gasteiger partial charge in [-0.3, -0.25) is 4.57 Å². The number of benzene rings is 7. The van der Waals surface area contributed by atoms with Crippen LogP contribution in [0, 0.1) is 11.3 Å². The van der Waals surface area contributed by atoms with E-state index >= 15 is 0 Å². The first-order chi connectivity index (χ1) is 26.2. The zero-order chi connectivity index (χ0) is 35.0. The summed E-state index contributed by atoms with van der Waals surface area (Å²) in [5, 5.41) is 16.5. The quantitative estimate of drug-likeness (QED) is 0.186. The average molecular weight is 676 g/mol. The van der Waals surface area contributed by atoms with E-state index < -0.39 is 0 Å². The number of pyridine rings is 1. The molecular formula is C48H29N5. The van der Waals surface area contributed by atoms with Gasteiger partial charge in [-0.15, -0.1) is 0 Å². The first-order valence-electron chi connectivity index (χ1n) is 17.8. The number of rotatable bonds is 4. The molecule has 0 saturated heterocycles. The monoisotopic (exact) mass is 675 g/mol. The maximum atomic E-state index is 9.37. The fourth-order valence-corrected chi connectivity index (χ4v) is 8.35. The van der Waals surface area contributed by atoms with Crippen LogP contribution in [0.3, 0.4) is 0 Å². The molecule has 5 nitrogen and oxygen atoms in total. The van der Waals surface area contributed by atoms with Crippen molar-refractivity contribution < 1.29 is 0 Å². The molecule has 53 heavy (non-hydrogen) atoms. The third-order valence-electron chi connectivity index (χ3n) is 10.7. The molecule has 0 fully saturated rings. The molecule has 4 heterocycles. The molecular weight excluding hydrogens is 647 g/mol. The summed E-state index contributed by atoms with van der Waals surface area (Å²) in [6, 6.07) is 62.2. The molecule has 0 spiro atoms. The van der Waals surface area contributed by atoms with Crippen LogP contribution in [0.25, 0.3) is 93.7 Å². The normalized spacial score (nSPS) is 11.8. The van der Waals surface area contributed by atoms with E-state index in [1.165, 1.54) is 32.3 Å². The largest absolute Gasteiger partial charge is 0.309 e. The van der Waals surface area contributed by atoms with Gasteiger partial charge < -0.3 is 9.13 Å². The summed E-state index contributed by atoms with van der Waals surface area (Å²) in [5.74, 6) is 0.893. The Balaban J connectivity index is 1.09. The van der Waals surface area contributed by atoms with Gasteiger partial charge in [-0.25, -0.2) is 4.98 Å². The minimum Gasteiger partial charge on any atom is -0.309 e. The molecule has 11 aromatic rings. The van der Waals surface area contributed by atoms with E-state index in [1.54, 1.807) is 0 Å². The first-order valence-corrected chi connectivity index (χ1v) is 17.8. The number of nitriles is 1. The number of fused-ring (bicyclic) bond motifs is 9. The number of hydrogen-bond donors (Lipinski definition) is 0. The van der Waals surface area contributed by atoms with Crippen molar-refractivity contribution in [3.63, 3.8) is 0 Å². The molecule has 4 aromatic heterocycles. The van der Waals surface area contributed by atoms with Crippen LogP contribution >= 0.6 is 0 Å². The van der Waals surface area contributed by atoms with E-state index in [9.17, 15) is 5.26 Å². The molecule has 246 valence electrons. The Bertz CT molecular complexity index is 3280. The summed E-state index contributed by atoms with van der Waals surface area (Å²) in [6.45, 7) is 0. The minimum absolute atomic E-state index is 0.653. The summed E-state index contributed by atoms with van der Waals surface area (Å²) in [5.41, 5.74) is 11.9. The fraction of sp³-hybridized carbons (Fsp3) is 0. The van der Waals surface area contributed by atoms with Gasteiger partial charge in [-0.2, -0.15) is 5.26 Å². The van der Waals surface area contributed by atoms with Gasteiger partial charge in [-0.1, -0.05) is 84.9 Å². The Kier molecular flexibility index (Phi) is 6.25. The highest BCUT2D eigenvalue weighted by Gasteiger charge is 2.19. The second-order valence-corrected chi connectivity index (χ2v) is 13.6. The van der Waals surface area contributed by atoms with Crippen LogP contribution in [-0.2, 0) is 0 Å². The average Bonchev–Trinajstić information content (AvgIpc) is 3.86. The zero-order valence-corrected chi connectivity index (χ0v) is 28.5. The van der Waals surface area contributed by atoms with Crippen molar-refractivity contribution in [3.05, 3.63) is 182 Å². The number of para-hydroxylation sites is 4. The standard InChI is InChI=1S/C48H29N5/c49-29-31-18-22-35(23-19-31)51-42-15-7-4-12-36(42)39-26-32(20-24-45(39)51)33-21-25-46-40(27-33)37-13-6-9-17-44(37)53(46)48-28-41-38-14-5-8-16-43(38)52(47(41)30-50-48)34-10-2-1-3-11-34/h1-28,30H. The maximum Gasteiger partial charge on any atom is 0.138 e. The highest BCUT2D eigenvalue weighted by atomic mass is 15.1. The predicted molar refractivity (Wildman–Crippen MR) is 217 cm³/mol. The molecule has 7 aromatic carbocycles. The Morgan fingerprint density at radius 3 is 1.42 bits per heavy atom. The van der Waals surface area contributed by atoms with E-state index in [0.717, 1.165) is 61.4 Å². The molecule has 0 radical (unpaired) electrons.